The molecule has 1 aromatic carbocycles. The van der Waals surface area contributed by atoms with E-state index in [0.29, 0.717) is 13.1 Å². The molecule has 1 saturated heterocycles. The van der Waals surface area contributed by atoms with Gasteiger partial charge < -0.3 is 10.2 Å². The van der Waals surface area contributed by atoms with Crippen LogP contribution in [0.5, 0.6) is 0 Å². The van der Waals surface area contributed by atoms with E-state index in [4.69, 9.17) is 5.14 Å². The number of urea groups is 1. The first-order chi connectivity index (χ1) is 9.36. The van der Waals surface area contributed by atoms with E-state index in [1.165, 1.54) is 4.31 Å². The molecule has 0 spiro atoms. The third-order valence-electron chi connectivity index (χ3n) is 3.16. The Hall–Kier alpha value is -1.64. The van der Waals surface area contributed by atoms with E-state index in [1.54, 1.807) is 4.90 Å². The van der Waals surface area contributed by atoms with E-state index in [0.717, 1.165) is 11.3 Å². The lowest BCUT2D eigenvalue weighted by atomic mass is 10.2. The normalized spacial score (nSPS) is 17.0. The van der Waals surface area contributed by atoms with Gasteiger partial charge in [-0.2, -0.15) is 12.7 Å². The van der Waals surface area contributed by atoms with E-state index in [2.05, 4.69) is 5.32 Å². The van der Waals surface area contributed by atoms with E-state index >= 15 is 0 Å². The van der Waals surface area contributed by atoms with E-state index < -0.39 is 10.2 Å². The predicted octanol–water partition coefficient (Wildman–Crippen LogP) is 0.348. The zero-order valence-corrected chi connectivity index (χ0v) is 12.1. The summed E-state index contributed by atoms with van der Waals surface area (Å²) in [6.45, 7) is 3.04. The molecule has 2 amide bonds. The first kappa shape index (κ1) is 14.8. The Morgan fingerprint density at radius 1 is 1.25 bits per heavy atom. The molecule has 2 rings (SSSR count). The van der Waals surface area contributed by atoms with Gasteiger partial charge in [-0.15, -0.1) is 0 Å². The van der Waals surface area contributed by atoms with Crippen molar-refractivity contribution in [1.29, 1.82) is 0 Å². The molecule has 1 aliphatic heterocycles. The summed E-state index contributed by atoms with van der Waals surface area (Å²) in [6, 6.07) is 7.26. The molecule has 0 aliphatic carbocycles. The highest BCUT2D eigenvalue weighted by Gasteiger charge is 2.26. The first-order valence-electron chi connectivity index (χ1n) is 6.27. The van der Waals surface area contributed by atoms with Crippen molar-refractivity contribution in [2.24, 2.45) is 5.14 Å². The van der Waals surface area contributed by atoms with Gasteiger partial charge in [-0.3, -0.25) is 0 Å². The van der Waals surface area contributed by atoms with Gasteiger partial charge in [-0.05, 0) is 24.6 Å². The van der Waals surface area contributed by atoms with Crippen molar-refractivity contribution in [2.75, 3.05) is 31.5 Å². The number of rotatable bonds is 2. The van der Waals surface area contributed by atoms with E-state index in [1.807, 2.05) is 31.2 Å². The van der Waals surface area contributed by atoms with Gasteiger partial charge in [0.2, 0.25) is 0 Å². The maximum Gasteiger partial charge on any atom is 0.321 e. The number of carbonyl (C=O) groups excluding carboxylic acids is 1. The number of aryl methyl sites for hydroxylation is 1. The topological polar surface area (TPSA) is 95.7 Å². The highest BCUT2D eigenvalue weighted by Crippen LogP contribution is 2.12. The molecule has 1 fully saturated rings. The van der Waals surface area contributed by atoms with Crippen molar-refractivity contribution < 1.29 is 13.2 Å². The molecule has 1 aliphatic rings. The lowest BCUT2D eigenvalue weighted by Gasteiger charge is -2.32. The number of hydrogen-bond acceptors (Lipinski definition) is 3. The fourth-order valence-electron chi connectivity index (χ4n) is 2.07. The van der Waals surface area contributed by atoms with Crippen LogP contribution in [0, 0.1) is 6.92 Å². The molecule has 0 atom stereocenters. The number of nitrogens with two attached hydrogens (primary N) is 1. The van der Waals surface area contributed by atoms with Crippen molar-refractivity contribution in [3.8, 4) is 0 Å². The number of nitrogens with one attached hydrogen (secondary N) is 1. The molecule has 110 valence electrons. The quantitative estimate of drug-likeness (QED) is 0.824. The third kappa shape index (κ3) is 3.69. The van der Waals surface area contributed by atoms with Crippen LogP contribution in [0.25, 0.3) is 0 Å². The number of benzene rings is 1. The van der Waals surface area contributed by atoms with Gasteiger partial charge in [0, 0.05) is 31.9 Å². The minimum atomic E-state index is -3.66. The van der Waals surface area contributed by atoms with Crippen LogP contribution in [0.2, 0.25) is 0 Å². The van der Waals surface area contributed by atoms with Crippen molar-refractivity contribution in [2.45, 2.75) is 6.92 Å². The highest BCUT2D eigenvalue weighted by atomic mass is 32.2. The fourth-order valence-corrected chi connectivity index (χ4v) is 2.74. The molecular weight excluding hydrogens is 280 g/mol. The van der Waals surface area contributed by atoms with Crippen molar-refractivity contribution in [1.82, 2.24) is 9.21 Å². The summed E-state index contributed by atoms with van der Waals surface area (Å²) < 4.78 is 23.5. The Bertz CT molecular complexity index is 594. The molecule has 7 nitrogen and oxygen atoms in total. The van der Waals surface area contributed by atoms with Crippen LogP contribution >= 0.6 is 0 Å². The molecule has 1 aromatic rings. The van der Waals surface area contributed by atoms with E-state index in [-0.39, 0.29) is 19.1 Å². The highest BCUT2D eigenvalue weighted by molar-refractivity contribution is 7.86. The summed E-state index contributed by atoms with van der Waals surface area (Å²) >= 11 is 0. The predicted molar refractivity (Wildman–Crippen MR) is 76.5 cm³/mol. The smallest absolute Gasteiger partial charge is 0.321 e. The number of carbonyl (C=O) groups is 1. The molecule has 0 saturated carbocycles. The Labute approximate surface area is 118 Å². The molecule has 0 bridgehead atoms. The lowest BCUT2D eigenvalue weighted by Crippen LogP contribution is -2.53. The zero-order chi connectivity index (χ0) is 14.8. The maximum atomic E-state index is 12.1. The monoisotopic (exact) mass is 298 g/mol. The third-order valence-corrected chi connectivity index (χ3v) is 4.24. The number of hydrogen-bond donors (Lipinski definition) is 2. The Morgan fingerprint density at radius 2 is 1.90 bits per heavy atom. The van der Waals surface area contributed by atoms with Crippen LogP contribution in [-0.4, -0.2) is 49.8 Å². The summed E-state index contributed by atoms with van der Waals surface area (Å²) in [4.78, 5) is 13.6. The zero-order valence-electron chi connectivity index (χ0n) is 11.2. The molecule has 1 heterocycles. The van der Waals surface area contributed by atoms with Gasteiger partial charge >= 0.3 is 6.03 Å². The van der Waals surface area contributed by atoms with Gasteiger partial charge in [-0.25, -0.2) is 9.93 Å². The molecular formula is C12H18N4O3S. The van der Waals surface area contributed by atoms with Gasteiger partial charge in [0.25, 0.3) is 10.2 Å². The van der Waals surface area contributed by atoms with Gasteiger partial charge in [0.15, 0.2) is 0 Å². The second-order valence-electron chi connectivity index (χ2n) is 4.73. The molecule has 3 N–H and O–H groups in total. The van der Waals surface area contributed by atoms with Crippen molar-refractivity contribution in [3.63, 3.8) is 0 Å². The van der Waals surface area contributed by atoms with Gasteiger partial charge in [0.1, 0.15) is 0 Å². The van der Waals surface area contributed by atoms with Crippen LogP contribution in [-0.2, 0) is 10.2 Å². The second kappa shape index (κ2) is 5.78. The summed E-state index contributed by atoms with van der Waals surface area (Å²) in [6.07, 6.45) is 0. The Balaban J connectivity index is 1.92. The minimum Gasteiger partial charge on any atom is -0.322 e. The Morgan fingerprint density at radius 3 is 2.45 bits per heavy atom. The number of amides is 2. The lowest BCUT2D eigenvalue weighted by molar-refractivity contribution is 0.184. The summed E-state index contributed by atoms with van der Waals surface area (Å²) in [5.74, 6) is 0. The van der Waals surface area contributed by atoms with E-state index in [9.17, 15) is 13.2 Å². The van der Waals surface area contributed by atoms with Crippen LogP contribution in [0.1, 0.15) is 5.56 Å². The molecule has 0 radical (unpaired) electrons. The van der Waals surface area contributed by atoms with Crippen LogP contribution in [0.15, 0.2) is 24.3 Å². The molecule has 20 heavy (non-hydrogen) atoms. The standard InChI is InChI=1S/C12H18N4O3S/c1-10-3-2-4-11(9-10)14-12(17)15-5-7-16(8-6-15)20(13,18)19/h2-4,9H,5-8H2,1H3,(H,14,17)(H2,13,18,19). The minimum absolute atomic E-state index is 0.222. The summed E-state index contributed by atoms with van der Waals surface area (Å²) in [5, 5.41) is 7.84. The fraction of sp³-hybridized carbons (Fsp3) is 0.417. The average molecular weight is 298 g/mol. The van der Waals surface area contributed by atoms with Crippen LogP contribution in [0.3, 0.4) is 0 Å². The Kier molecular flexibility index (Phi) is 4.26. The molecule has 0 unspecified atom stereocenters. The number of piperazine rings is 1. The van der Waals surface area contributed by atoms with Crippen molar-refractivity contribution in [3.05, 3.63) is 29.8 Å². The second-order valence-corrected chi connectivity index (χ2v) is 6.28. The first-order valence-corrected chi connectivity index (χ1v) is 7.77. The van der Waals surface area contributed by atoms with Gasteiger partial charge in [0.05, 0.1) is 0 Å². The van der Waals surface area contributed by atoms with Crippen LogP contribution in [0.4, 0.5) is 10.5 Å². The van der Waals surface area contributed by atoms with Crippen LogP contribution < -0.4 is 10.5 Å². The number of nitrogens with zero attached hydrogens (tertiary/aromatic N) is 2. The summed E-state index contributed by atoms with van der Waals surface area (Å²) in [5.41, 5.74) is 1.78. The number of anilines is 1. The molecule has 8 heteroatoms. The maximum absolute atomic E-state index is 12.1. The largest absolute Gasteiger partial charge is 0.322 e. The van der Waals surface area contributed by atoms with Gasteiger partial charge in [-0.1, -0.05) is 12.1 Å². The summed E-state index contributed by atoms with van der Waals surface area (Å²) in [7, 11) is -3.66. The molecule has 0 aromatic heterocycles. The van der Waals surface area contributed by atoms with Crippen molar-refractivity contribution >= 4 is 21.9 Å². The average Bonchev–Trinajstić information content (AvgIpc) is 2.38. The SMILES string of the molecule is Cc1cccc(NC(=O)N2CCN(S(N)(=O)=O)CC2)c1.